The van der Waals surface area contributed by atoms with Gasteiger partial charge in [-0.2, -0.15) is 15.4 Å². The maximum atomic E-state index is 12.7. The Morgan fingerprint density at radius 3 is 2.72 bits per heavy atom. The Labute approximate surface area is 168 Å². The van der Waals surface area contributed by atoms with Crippen LogP contribution >= 0.6 is 0 Å². The number of nitrogens with one attached hydrogen (secondary N) is 3. The van der Waals surface area contributed by atoms with E-state index in [9.17, 15) is 4.79 Å². The van der Waals surface area contributed by atoms with E-state index in [-0.39, 0.29) is 11.9 Å². The van der Waals surface area contributed by atoms with E-state index in [4.69, 9.17) is 0 Å². The first-order chi connectivity index (χ1) is 14.3. The van der Waals surface area contributed by atoms with Crippen LogP contribution < -0.4 is 5.32 Å². The molecule has 5 rings (SSSR count). The van der Waals surface area contributed by atoms with Crippen LogP contribution in [0.3, 0.4) is 0 Å². The first kappa shape index (κ1) is 17.7. The van der Waals surface area contributed by atoms with E-state index in [0.717, 1.165) is 47.4 Å². The number of benzene rings is 2. The zero-order chi connectivity index (χ0) is 19.6. The third-order valence-electron chi connectivity index (χ3n) is 5.72. The summed E-state index contributed by atoms with van der Waals surface area (Å²) in [4.78, 5) is 16.2. The summed E-state index contributed by atoms with van der Waals surface area (Å²) in [5.41, 5.74) is 6.55. The predicted octanol–water partition coefficient (Wildman–Crippen LogP) is 3.56. The molecule has 0 saturated carbocycles. The lowest BCUT2D eigenvalue weighted by molar-refractivity contribution is -0.121. The minimum absolute atomic E-state index is 0.0891. The quantitative estimate of drug-likeness (QED) is 0.491. The molecule has 1 aliphatic carbocycles. The van der Waals surface area contributed by atoms with Crippen LogP contribution in [0.2, 0.25) is 0 Å². The van der Waals surface area contributed by atoms with Crippen molar-refractivity contribution in [2.75, 3.05) is 0 Å². The van der Waals surface area contributed by atoms with Crippen LogP contribution in [-0.2, 0) is 24.1 Å². The van der Waals surface area contributed by atoms with Gasteiger partial charge in [-0.1, -0.05) is 48.5 Å². The molecule has 1 atom stereocenters. The number of H-pyrrole nitrogens is 2. The number of hydrogen-bond donors (Lipinski definition) is 3. The number of nitrogens with zero attached hydrogens (tertiary/aromatic N) is 2. The number of carbonyl (C=O) groups is 1. The molecule has 6 nitrogen and oxygen atoms in total. The SMILES string of the molecule is O=C(CCc1c(-c2ccccc2)[nH]c2ccccc12)NC1CCc2n[nH]nc2C1. The summed E-state index contributed by atoms with van der Waals surface area (Å²) in [6, 6.07) is 18.7. The van der Waals surface area contributed by atoms with Crippen LogP contribution in [0.5, 0.6) is 0 Å². The van der Waals surface area contributed by atoms with Crippen molar-refractivity contribution in [2.45, 2.75) is 38.1 Å². The normalized spacial score (nSPS) is 15.9. The lowest BCUT2D eigenvalue weighted by Gasteiger charge is -2.21. The van der Waals surface area contributed by atoms with E-state index < -0.39 is 0 Å². The summed E-state index contributed by atoms with van der Waals surface area (Å²) in [5, 5.41) is 15.4. The van der Waals surface area contributed by atoms with Crippen LogP contribution in [0.25, 0.3) is 22.2 Å². The fourth-order valence-electron chi connectivity index (χ4n) is 4.26. The molecule has 3 N–H and O–H groups in total. The average molecular weight is 385 g/mol. The van der Waals surface area contributed by atoms with Crippen molar-refractivity contribution < 1.29 is 4.79 Å². The van der Waals surface area contributed by atoms with E-state index in [1.165, 1.54) is 10.9 Å². The summed E-state index contributed by atoms with van der Waals surface area (Å²) in [5.74, 6) is 0.0891. The number of fused-ring (bicyclic) bond motifs is 2. The lowest BCUT2D eigenvalue weighted by atomic mass is 9.95. The lowest BCUT2D eigenvalue weighted by Crippen LogP contribution is -2.39. The number of carbonyl (C=O) groups excluding carboxylic acids is 1. The highest BCUT2D eigenvalue weighted by molar-refractivity contribution is 5.91. The van der Waals surface area contributed by atoms with Crippen molar-refractivity contribution in [3.8, 4) is 11.3 Å². The van der Waals surface area contributed by atoms with E-state index in [0.29, 0.717) is 12.8 Å². The number of aromatic nitrogens is 4. The van der Waals surface area contributed by atoms with Gasteiger partial charge in [-0.05, 0) is 36.5 Å². The van der Waals surface area contributed by atoms with Gasteiger partial charge in [0.05, 0.1) is 11.4 Å². The number of amides is 1. The molecule has 29 heavy (non-hydrogen) atoms. The summed E-state index contributed by atoms with van der Waals surface area (Å²) in [6.07, 6.45) is 3.68. The van der Waals surface area contributed by atoms with Crippen LogP contribution in [0.4, 0.5) is 0 Å². The molecule has 0 bridgehead atoms. The fraction of sp³-hybridized carbons (Fsp3) is 0.261. The molecule has 2 aromatic carbocycles. The van der Waals surface area contributed by atoms with Crippen molar-refractivity contribution in [3.63, 3.8) is 0 Å². The van der Waals surface area contributed by atoms with Gasteiger partial charge in [-0.15, -0.1) is 0 Å². The Hall–Kier alpha value is -3.41. The molecule has 0 spiro atoms. The van der Waals surface area contributed by atoms with Gasteiger partial charge in [0.15, 0.2) is 0 Å². The van der Waals surface area contributed by atoms with Gasteiger partial charge >= 0.3 is 0 Å². The molecule has 2 aromatic heterocycles. The van der Waals surface area contributed by atoms with Gasteiger partial charge in [0, 0.05) is 35.5 Å². The summed E-state index contributed by atoms with van der Waals surface area (Å²) in [7, 11) is 0. The topological polar surface area (TPSA) is 86.5 Å². The standard InChI is InChI=1S/C23H23N5O/c29-22(24-16-10-12-20-21(14-16)27-28-26-20)13-11-18-17-8-4-5-9-19(17)25-23(18)15-6-2-1-3-7-15/h1-9,16,25H,10-14H2,(H,24,29)(H,26,27,28). The molecule has 4 aromatic rings. The highest BCUT2D eigenvalue weighted by Crippen LogP contribution is 2.31. The molecule has 1 unspecified atom stereocenters. The van der Waals surface area contributed by atoms with Crippen molar-refractivity contribution in [3.05, 3.63) is 71.5 Å². The second-order valence-electron chi connectivity index (χ2n) is 7.61. The van der Waals surface area contributed by atoms with E-state index in [1.54, 1.807) is 0 Å². The third-order valence-corrected chi connectivity index (χ3v) is 5.72. The minimum atomic E-state index is 0.0891. The first-order valence-corrected chi connectivity index (χ1v) is 10.1. The molecule has 0 fully saturated rings. The molecule has 0 aliphatic heterocycles. The maximum absolute atomic E-state index is 12.7. The number of aromatic amines is 2. The molecule has 1 aliphatic rings. The first-order valence-electron chi connectivity index (χ1n) is 10.1. The predicted molar refractivity (Wildman–Crippen MR) is 112 cm³/mol. The molecular formula is C23H23N5O. The Bertz CT molecular complexity index is 1140. The smallest absolute Gasteiger partial charge is 0.220 e. The molecule has 146 valence electrons. The molecule has 0 radical (unpaired) electrons. The van der Waals surface area contributed by atoms with Gasteiger partial charge < -0.3 is 10.3 Å². The van der Waals surface area contributed by atoms with Crippen molar-refractivity contribution >= 4 is 16.8 Å². The molecule has 1 amide bonds. The zero-order valence-corrected chi connectivity index (χ0v) is 16.1. The van der Waals surface area contributed by atoms with Crippen LogP contribution in [0.15, 0.2) is 54.6 Å². The number of para-hydroxylation sites is 1. The maximum Gasteiger partial charge on any atom is 0.220 e. The van der Waals surface area contributed by atoms with Crippen LogP contribution in [0.1, 0.15) is 29.8 Å². The Kier molecular flexibility index (Phi) is 4.60. The van der Waals surface area contributed by atoms with Crippen LogP contribution in [-0.4, -0.2) is 32.3 Å². The Balaban J connectivity index is 1.32. The highest BCUT2D eigenvalue weighted by atomic mass is 16.1. The van der Waals surface area contributed by atoms with E-state index >= 15 is 0 Å². The molecular weight excluding hydrogens is 362 g/mol. The van der Waals surface area contributed by atoms with E-state index in [2.05, 4.69) is 50.0 Å². The van der Waals surface area contributed by atoms with Gasteiger partial charge in [0.1, 0.15) is 0 Å². The van der Waals surface area contributed by atoms with Crippen molar-refractivity contribution in [1.29, 1.82) is 0 Å². The summed E-state index contributed by atoms with van der Waals surface area (Å²) >= 11 is 0. The van der Waals surface area contributed by atoms with Gasteiger partial charge in [-0.3, -0.25) is 4.79 Å². The summed E-state index contributed by atoms with van der Waals surface area (Å²) < 4.78 is 0. The van der Waals surface area contributed by atoms with E-state index in [1.807, 2.05) is 30.3 Å². The molecule has 0 saturated heterocycles. The average Bonchev–Trinajstić information content (AvgIpc) is 3.37. The third kappa shape index (κ3) is 3.53. The van der Waals surface area contributed by atoms with Gasteiger partial charge in [0.25, 0.3) is 0 Å². The molecule has 2 heterocycles. The van der Waals surface area contributed by atoms with Gasteiger partial charge in [0.2, 0.25) is 5.91 Å². The minimum Gasteiger partial charge on any atom is -0.354 e. The monoisotopic (exact) mass is 385 g/mol. The van der Waals surface area contributed by atoms with Crippen LogP contribution in [0, 0.1) is 0 Å². The van der Waals surface area contributed by atoms with Gasteiger partial charge in [-0.25, -0.2) is 0 Å². The Morgan fingerprint density at radius 2 is 1.83 bits per heavy atom. The number of rotatable bonds is 5. The number of aryl methyl sites for hydroxylation is 2. The second-order valence-corrected chi connectivity index (χ2v) is 7.61. The zero-order valence-electron chi connectivity index (χ0n) is 16.1. The Morgan fingerprint density at radius 1 is 1.03 bits per heavy atom. The number of hydrogen-bond acceptors (Lipinski definition) is 3. The summed E-state index contributed by atoms with van der Waals surface area (Å²) in [6.45, 7) is 0. The fourth-order valence-corrected chi connectivity index (χ4v) is 4.26. The molecule has 6 heteroatoms. The second kappa shape index (κ2) is 7.54. The highest BCUT2D eigenvalue weighted by Gasteiger charge is 2.23. The van der Waals surface area contributed by atoms with Crippen molar-refractivity contribution in [1.82, 2.24) is 25.7 Å². The largest absolute Gasteiger partial charge is 0.354 e. The van der Waals surface area contributed by atoms with Crippen molar-refractivity contribution in [2.24, 2.45) is 0 Å².